The highest BCUT2D eigenvalue weighted by atomic mass is 35.7. The maximum atomic E-state index is 13.9. The molecule has 0 radical (unpaired) electrons. The van der Waals surface area contributed by atoms with Crippen molar-refractivity contribution >= 4 is 5.78 Å². The molecule has 0 unspecified atom stereocenters. The Morgan fingerprint density at radius 3 is 1.85 bits per heavy atom. The molecule has 4 rings (SSSR count). The normalized spacial score (nSPS) is 10.8. The molecule has 0 aliphatic carbocycles. The van der Waals surface area contributed by atoms with E-state index in [0.29, 0.717) is 16.8 Å². The van der Waals surface area contributed by atoms with Gasteiger partial charge in [0.2, 0.25) is 11.4 Å². The minimum atomic E-state index is -4.94. The summed E-state index contributed by atoms with van der Waals surface area (Å²) in [5, 5.41) is 0. The van der Waals surface area contributed by atoms with E-state index in [2.05, 4.69) is 0 Å². The fourth-order valence-electron chi connectivity index (χ4n) is 3.08. The Kier molecular flexibility index (Phi) is 7.59. The van der Waals surface area contributed by atoms with Crippen LogP contribution >= 0.6 is 0 Å². The summed E-state index contributed by atoms with van der Waals surface area (Å²) in [5.74, 6) is -2.00. The molecular weight excluding hydrogens is 456 g/mol. The number of carbonyl (C=O) groups is 1. The van der Waals surface area contributed by atoms with Crippen molar-refractivity contribution < 1.29 is 47.0 Å². The van der Waals surface area contributed by atoms with Gasteiger partial charge >= 0.3 is 0 Å². The molecule has 6 nitrogen and oxygen atoms in total. The van der Waals surface area contributed by atoms with Crippen LogP contribution in [0.25, 0.3) is 16.9 Å². The molecule has 0 saturated heterocycles. The highest BCUT2D eigenvalue weighted by Crippen LogP contribution is 2.19. The minimum absolute atomic E-state index is 0.142. The highest BCUT2D eigenvalue weighted by molar-refractivity contribution is 6.08. The summed E-state index contributed by atoms with van der Waals surface area (Å²) < 4.78 is 63.0. The van der Waals surface area contributed by atoms with E-state index in [1.807, 2.05) is 42.5 Å². The quantitative estimate of drug-likeness (QED) is 0.315. The molecule has 168 valence electrons. The number of benzene rings is 3. The number of hydrogen-bond donors (Lipinski definition) is 0. The fourth-order valence-corrected chi connectivity index (χ4v) is 3.08. The summed E-state index contributed by atoms with van der Waals surface area (Å²) in [6.07, 6.45) is 1.66. The topological polar surface area (TPSA) is 113 Å². The fraction of sp³-hybridized carbons (Fsp3) is 0. The number of rotatable bonds is 4. The SMILES string of the molecule is O=C(c1ccccc1)c1ccc(-c2ccccc2)[n+](-c2ccc(F)c(F)c2)c1.[O-][Cl+3]([O-])([O-])[O-]. The van der Waals surface area contributed by atoms with Gasteiger partial charge in [0.15, 0.2) is 23.6 Å². The molecule has 0 N–H and O–H groups in total. The molecule has 0 saturated carbocycles. The number of pyridine rings is 1. The number of aromatic nitrogens is 1. The third kappa shape index (κ3) is 6.72. The van der Waals surface area contributed by atoms with Crippen molar-refractivity contribution in [3.63, 3.8) is 0 Å². The predicted molar refractivity (Wildman–Crippen MR) is 103 cm³/mol. The van der Waals surface area contributed by atoms with E-state index in [0.717, 1.165) is 23.4 Å². The number of carbonyl (C=O) groups excluding carboxylic acids is 1. The lowest BCUT2D eigenvalue weighted by Gasteiger charge is -2.17. The molecule has 0 aliphatic heterocycles. The van der Waals surface area contributed by atoms with Gasteiger partial charge in [0.05, 0.1) is 5.56 Å². The van der Waals surface area contributed by atoms with Crippen LogP contribution in [0.5, 0.6) is 0 Å². The van der Waals surface area contributed by atoms with Crippen LogP contribution in [0.4, 0.5) is 8.78 Å². The second-order valence-electron chi connectivity index (χ2n) is 6.71. The first-order chi connectivity index (χ1) is 15.6. The van der Waals surface area contributed by atoms with Crippen molar-refractivity contribution in [3.8, 4) is 16.9 Å². The molecule has 9 heteroatoms. The average molecular weight is 472 g/mol. The van der Waals surface area contributed by atoms with Gasteiger partial charge in [0.1, 0.15) is 0 Å². The monoisotopic (exact) mass is 471 g/mol. The summed E-state index contributed by atoms with van der Waals surface area (Å²) in [6.45, 7) is 0. The molecule has 0 amide bonds. The van der Waals surface area contributed by atoms with Gasteiger partial charge in [-0.3, -0.25) is 4.79 Å². The van der Waals surface area contributed by atoms with Gasteiger partial charge in [0, 0.05) is 29.3 Å². The zero-order valence-electron chi connectivity index (χ0n) is 16.9. The van der Waals surface area contributed by atoms with Gasteiger partial charge < -0.3 is 0 Å². The van der Waals surface area contributed by atoms with Crippen LogP contribution in [-0.2, 0) is 0 Å². The van der Waals surface area contributed by atoms with Gasteiger partial charge in [-0.2, -0.15) is 4.57 Å². The Hall–Kier alpha value is -3.53. The van der Waals surface area contributed by atoms with Crippen LogP contribution in [-0.4, -0.2) is 5.78 Å². The molecule has 0 fully saturated rings. The largest absolute Gasteiger partial charge is 0.288 e. The molecule has 0 aliphatic rings. The minimum Gasteiger partial charge on any atom is -0.288 e. The van der Waals surface area contributed by atoms with Gasteiger partial charge in [-0.1, -0.05) is 48.5 Å². The molecule has 0 atom stereocenters. The van der Waals surface area contributed by atoms with Crippen molar-refractivity contribution in [2.24, 2.45) is 0 Å². The van der Waals surface area contributed by atoms with Crippen molar-refractivity contribution in [2.75, 3.05) is 0 Å². The summed E-state index contributed by atoms with van der Waals surface area (Å²) in [5.41, 5.74) is 3.10. The number of nitrogens with zero attached hydrogens (tertiary/aromatic N) is 1. The Bertz CT molecular complexity index is 1240. The van der Waals surface area contributed by atoms with Crippen LogP contribution < -0.4 is 23.2 Å². The smallest absolute Gasteiger partial charge is 0.218 e. The summed E-state index contributed by atoms with van der Waals surface area (Å²) >= 11 is 0. The average Bonchev–Trinajstić information content (AvgIpc) is 2.80. The summed E-state index contributed by atoms with van der Waals surface area (Å²) in [6, 6.07) is 25.7. The van der Waals surface area contributed by atoms with E-state index in [1.165, 1.54) is 6.07 Å². The Morgan fingerprint density at radius 1 is 0.697 bits per heavy atom. The standard InChI is InChI=1S/C24H16F2NO.ClHO4/c25-21-13-12-20(15-22(21)26)27-16-19(24(28)18-9-5-2-6-10-18)11-14-23(27)17-7-3-1-4-8-17;2-1(3,4)5/h1-16H;(H,2,3,4,5)/q+1;/p-1. The Morgan fingerprint density at radius 2 is 1.27 bits per heavy atom. The first-order valence-electron chi connectivity index (χ1n) is 9.41. The molecule has 3 aromatic carbocycles. The molecule has 1 aromatic heterocycles. The third-order valence-corrected chi connectivity index (χ3v) is 4.50. The van der Waals surface area contributed by atoms with E-state index >= 15 is 0 Å². The second kappa shape index (κ2) is 10.4. The molecule has 0 spiro atoms. The van der Waals surface area contributed by atoms with Crippen molar-refractivity contribution in [3.05, 3.63) is 120 Å². The number of halogens is 3. The first kappa shape index (κ1) is 24.1. The third-order valence-electron chi connectivity index (χ3n) is 4.50. The summed E-state index contributed by atoms with van der Waals surface area (Å²) in [7, 11) is -4.94. The molecule has 0 bridgehead atoms. The zero-order valence-corrected chi connectivity index (χ0v) is 17.6. The first-order valence-corrected chi connectivity index (χ1v) is 10.6. The Labute approximate surface area is 190 Å². The lowest BCUT2D eigenvalue weighted by Crippen LogP contribution is -2.68. The van der Waals surface area contributed by atoms with Gasteiger partial charge in [-0.05, 0) is 24.3 Å². The number of ketones is 1. The highest BCUT2D eigenvalue weighted by Gasteiger charge is 2.21. The molecule has 4 aromatic rings. The van der Waals surface area contributed by atoms with Gasteiger partial charge in [-0.15, -0.1) is 10.2 Å². The van der Waals surface area contributed by atoms with Crippen LogP contribution in [0.3, 0.4) is 0 Å². The summed E-state index contributed by atoms with van der Waals surface area (Å²) in [4.78, 5) is 12.9. The van der Waals surface area contributed by atoms with E-state index in [-0.39, 0.29) is 5.78 Å². The molecular formula is C24H16ClF2NO5. The van der Waals surface area contributed by atoms with E-state index in [9.17, 15) is 13.6 Å². The lowest BCUT2D eigenvalue weighted by molar-refractivity contribution is -2.00. The Balaban J connectivity index is 0.000000555. The van der Waals surface area contributed by atoms with Gasteiger partial charge in [0.25, 0.3) is 0 Å². The predicted octanol–water partition coefficient (Wildman–Crippen LogP) is 0.383. The van der Waals surface area contributed by atoms with Crippen LogP contribution in [0.1, 0.15) is 15.9 Å². The second-order valence-corrected chi connectivity index (χ2v) is 7.47. The maximum Gasteiger partial charge on any atom is 0.218 e. The maximum absolute atomic E-state index is 13.9. The van der Waals surface area contributed by atoms with E-state index in [1.54, 1.807) is 41.1 Å². The van der Waals surface area contributed by atoms with E-state index < -0.39 is 21.9 Å². The van der Waals surface area contributed by atoms with E-state index in [4.69, 9.17) is 18.6 Å². The van der Waals surface area contributed by atoms with Crippen LogP contribution in [0.15, 0.2) is 97.2 Å². The van der Waals surface area contributed by atoms with Crippen molar-refractivity contribution in [1.82, 2.24) is 0 Å². The molecule has 33 heavy (non-hydrogen) atoms. The van der Waals surface area contributed by atoms with Crippen LogP contribution in [0.2, 0.25) is 0 Å². The van der Waals surface area contributed by atoms with Crippen molar-refractivity contribution in [2.45, 2.75) is 0 Å². The molecule has 1 heterocycles. The van der Waals surface area contributed by atoms with Gasteiger partial charge in [-0.25, -0.2) is 27.4 Å². The van der Waals surface area contributed by atoms with Crippen molar-refractivity contribution in [1.29, 1.82) is 0 Å². The number of hydrogen-bond acceptors (Lipinski definition) is 5. The zero-order chi connectivity index (χ0) is 24.0. The van der Waals surface area contributed by atoms with Crippen LogP contribution in [0, 0.1) is 21.9 Å². The lowest BCUT2D eigenvalue weighted by atomic mass is 10.0.